The number of benzene rings is 2. The van der Waals surface area contributed by atoms with Crippen LogP contribution in [0, 0.1) is 16.7 Å². The molecule has 2 aromatic rings. The topological polar surface area (TPSA) is 54.7 Å². The second kappa shape index (κ2) is 13.1. The quantitative estimate of drug-likeness (QED) is 0.219. The van der Waals surface area contributed by atoms with Gasteiger partial charge < -0.3 is 14.0 Å². The van der Waals surface area contributed by atoms with Crippen molar-refractivity contribution in [3.05, 3.63) is 65.7 Å². The van der Waals surface area contributed by atoms with Crippen LogP contribution in [0.1, 0.15) is 51.7 Å². The van der Waals surface area contributed by atoms with E-state index in [1.165, 1.54) is 0 Å². The lowest BCUT2D eigenvalue weighted by atomic mass is 9.75. The highest BCUT2D eigenvalue weighted by Gasteiger charge is 2.43. The van der Waals surface area contributed by atoms with E-state index in [0.717, 1.165) is 35.0 Å². The highest BCUT2D eigenvalue weighted by molar-refractivity contribution is 6.73. The number of nitrogens with zero attached hydrogens (tertiary/aromatic N) is 2. The van der Waals surface area contributed by atoms with Crippen molar-refractivity contribution < 1.29 is 14.0 Å². The van der Waals surface area contributed by atoms with Crippen molar-refractivity contribution in [2.24, 2.45) is 5.41 Å². The van der Waals surface area contributed by atoms with E-state index in [9.17, 15) is 5.26 Å². The van der Waals surface area contributed by atoms with Gasteiger partial charge in [0.25, 0.3) is 0 Å². The normalized spacial score (nSPS) is 14.0. The predicted octanol–water partition coefficient (Wildman–Crippen LogP) is 6.78. The van der Waals surface area contributed by atoms with Gasteiger partial charge in [-0.15, -0.1) is 0 Å². The molecule has 5 nitrogen and oxygen atoms in total. The van der Waals surface area contributed by atoms with Gasteiger partial charge >= 0.3 is 0 Å². The molecule has 2 rings (SSSR count). The van der Waals surface area contributed by atoms with E-state index in [-0.39, 0.29) is 17.4 Å². The lowest BCUT2D eigenvalue weighted by Gasteiger charge is -2.45. The molecule has 0 spiro atoms. The molecule has 0 bridgehead atoms. The summed E-state index contributed by atoms with van der Waals surface area (Å²) in [5.41, 5.74) is 1.75. The molecule has 34 heavy (non-hydrogen) atoms. The van der Waals surface area contributed by atoms with Gasteiger partial charge in [-0.3, -0.25) is 0 Å². The van der Waals surface area contributed by atoms with Crippen molar-refractivity contribution in [2.75, 3.05) is 20.8 Å². The van der Waals surface area contributed by atoms with E-state index >= 15 is 0 Å². The Hall–Kier alpha value is -2.17. The van der Waals surface area contributed by atoms with Gasteiger partial charge in [0, 0.05) is 12.5 Å². The van der Waals surface area contributed by atoms with Crippen molar-refractivity contribution >= 4 is 8.32 Å². The molecule has 0 amide bonds. The Kier molecular flexibility index (Phi) is 10.8. The largest absolute Gasteiger partial charge is 0.497 e. The van der Waals surface area contributed by atoms with Gasteiger partial charge in [-0.1, -0.05) is 77.1 Å². The molecule has 2 atom stereocenters. The molecule has 0 heterocycles. The van der Waals surface area contributed by atoms with Crippen molar-refractivity contribution in [3.63, 3.8) is 0 Å². The van der Waals surface area contributed by atoms with Crippen molar-refractivity contribution in [1.29, 1.82) is 5.26 Å². The molecule has 0 N–H and O–H groups in total. The Labute approximate surface area is 207 Å². The smallest absolute Gasteiger partial charge is 0.220 e. The van der Waals surface area contributed by atoms with E-state index in [1.54, 1.807) is 7.11 Å². The third-order valence-corrected chi connectivity index (χ3v) is 11.5. The third-order valence-electron chi connectivity index (χ3n) is 6.98. The Morgan fingerprint density at radius 2 is 1.56 bits per heavy atom. The standard InChI is InChI=1S/C28H42N2O3Si/c1-8-34(9-2,10-3)33-30(6)27(26(20-29)24-16-18-25(31-7)19-17-24)28(4,5)22-32-21-23-14-12-11-13-15-23/h11-19,26-27H,8-10,21-22H2,1-7H3. The number of ether oxygens (including phenoxy) is 2. The van der Waals surface area contributed by atoms with Crippen molar-refractivity contribution in [3.8, 4) is 11.8 Å². The molecule has 0 saturated carbocycles. The monoisotopic (exact) mass is 482 g/mol. The van der Waals surface area contributed by atoms with Gasteiger partial charge in [0.05, 0.1) is 38.4 Å². The number of methoxy groups -OCH3 is 1. The number of rotatable bonds is 14. The fraction of sp³-hybridized carbons (Fsp3) is 0.536. The first kappa shape index (κ1) is 28.1. The van der Waals surface area contributed by atoms with E-state index in [4.69, 9.17) is 14.0 Å². The number of likely N-dealkylation sites (N-methyl/N-ethyl adjacent to an activating group) is 1. The van der Waals surface area contributed by atoms with Crippen LogP contribution in [0.15, 0.2) is 54.6 Å². The number of hydroxylamine groups is 2. The Balaban J connectivity index is 2.36. The maximum absolute atomic E-state index is 10.4. The van der Waals surface area contributed by atoms with Crippen LogP contribution < -0.4 is 4.74 Å². The van der Waals surface area contributed by atoms with Crippen LogP contribution in [-0.2, 0) is 15.9 Å². The van der Waals surface area contributed by atoms with Gasteiger partial charge in [0.2, 0.25) is 8.32 Å². The summed E-state index contributed by atoms with van der Waals surface area (Å²) in [6.07, 6.45) is 0. The summed E-state index contributed by atoms with van der Waals surface area (Å²) in [6, 6.07) is 23.5. The Morgan fingerprint density at radius 3 is 2.06 bits per heavy atom. The van der Waals surface area contributed by atoms with Gasteiger partial charge in [0.1, 0.15) is 5.75 Å². The van der Waals surface area contributed by atoms with Crippen LogP contribution in [0.3, 0.4) is 0 Å². The minimum atomic E-state index is -1.92. The van der Waals surface area contributed by atoms with Crippen LogP contribution in [0.5, 0.6) is 5.75 Å². The van der Waals surface area contributed by atoms with Gasteiger partial charge in [-0.25, -0.2) is 0 Å². The second-order valence-corrected chi connectivity index (χ2v) is 14.3. The molecule has 0 aromatic heterocycles. The zero-order valence-corrected chi connectivity index (χ0v) is 23.0. The molecule has 2 aromatic carbocycles. The highest BCUT2D eigenvalue weighted by atomic mass is 28.4. The number of hydrogen-bond donors (Lipinski definition) is 0. The fourth-order valence-electron chi connectivity index (χ4n) is 4.69. The molecule has 0 aliphatic heterocycles. The summed E-state index contributed by atoms with van der Waals surface area (Å²) in [5, 5.41) is 12.4. The molecule has 0 saturated heterocycles. The molecular formula is C28H42N2O3Si. The van der Waals surface area contributed by atoms with Crippen LogP contribution in [0.25, 0.3) is 0 Å². The summed E-state index contributed by atoms with van der Waals surface area (Å²) in [6.45, 7) is 12.1. The minimum absolute atomic E-state index is 0.196. The first-order valence-corrected chi connectivity index (χ1v) is 14.9. The Bertz CT molecular complexity index is 884. The van der Waals surface area contributed by atoms with Gasteiger partial charge in [-0.2, -0.15) is 10.3 Å². The molecule has 6 heteroatoms. The predicted molar refractivity (Wildman–Crippen MR) is 141 cm³/mol. The molecule has 0 fully saturated rings. The maximum atomic E-state index is 10.4. The van der Waals surface area contributed by atoms with Gasteiger partial charge in [-0.05, 0) is 41.4 Å². The highest BCUT2D eigenvalue weighted by Crippen LogP contribution is 2.38. The van der Waals surface area contributed by atoms with Crippen molar-refractivity contribution in [1.82, 2.24) is 5.06 Å². The first-order chi connectivity index (χ1) is 16.3. The molecule has 0 aliphatic rings. The summed E-state index contributed by atoms with van der Waals surface area (Å²) in [7, 11) is 1.73. The number of hydrogen-bond acceptors (Lipinski definition) is 5. The van der Waals surface area contributed by atoms with Crippen LogP contribution in [0.4, 0.5) is 0 Å². The van der Waals surface area contributed by atoms with Gasteiger partial charge in [0.15, 0.2) is 0 Å². The third kappa shape index (κ3) is 7.16. The summed E-state index contributed by atoms with van der Waals surface area (Å²) < 4.78 is 18.3. The summed E-state index contributed by atoms with van der Waals surface area (Å²) in [4.78, 5) is 0. The van der Waals surface area contributed by atoms with Crippen LogP contribution in [0.2, 0.25) is 18.1 Å². The average molecular weight is 483 g/mol. The first-order valence-electron chi connectivity index (χ1n) is 12.3. The maximum Gasteiger partial charge on any atom is 0.220 e. The van der Waals surface area contributed by atoms with E-state index in [0.29, 0.717) is 13.2 Å². The summed E-state index contributed by atoms with van der Waals surface area (Å²) >= 11 is 0. The lowest BCUT2D eigenvalue weighted by Crippen LogP contribution is -2.53. The molecular weight excluding hydrogens is 440 g/mol. The molecule has 0 aliphatic carbocycles. The van der Waals surface area contributed by atoms with Crippen LogP contribution in [-0.4, -0.2) is 40.2 Å². The lowest BCUT2D eigenvalue weighted by molar-refractivity contribution is -0.136. The summed E-state index contributed by atoms with van der Waals surface area (Å²) in [5.74, 6) is 0.393. The molecule has 2 unspecified atom stereocenters. The fourth-order valence-corrected chi connectivity index (χ4v) is 7.30. The molecule has 186 valence electrons. The zero-order valence-electron chi connectivity index (χ0n) is 22.0. The number of nitriles is 1. The Morgan fingerprint density at radius 1 is 0.971 bits per heavy atom. The SMILES string of the molecule is CC[Si](CC)(CC)ON(C)C(C(C#N)c1ccc(OC)cc1)C(C)(C)COCc1ccccc1. The van der Waals surface area contributed by atoms with E-state index < -0.39 is 8.32 Å². The van der Waals surface area contributed by atoms with E-state index in [2.05, 4.69) is 52.8 Å². The minimum Gasteiger partial charge on any atom is -0.497 e. The van der Waals surface area contributed by atoms with E-state index in [1.807, 2.05) is 54.6 Å². The van der Waals surface area contributed by atoms with Crippen molar-refractivity contribution in [2.45, 2.75) is 71.3 Å². The van der Waals surface area contributed by atoms with Crippen LogP contribution >= 0.6 is 0 Å². The molecule has 0 radical (unpaired) electrons. The average Bonchev–Trinajstić information content (AvgIpc) is 2.86. The second-order valence-electron chi connectivity index (χ2n) is 9.67. The zero-order chi connectivity index (χ0) is 25.2.